The number of anilines is 1. The summed E-state index contributed by atoms with van der Waals surface area (Å²) in [5.74, 6) is -0.169. The van der Waals surface area contributed by atoms with Crippen molar-refractivity contribution in [3.8, 4) is 0 Å². The quantitative estimate of drug-likeness (QED) is 0.401. The summed E-state index contributed by atoms with van der Waals surface area (Å²) in [4.78, 5) is 23.9. The first kappa shape index (κ1) is 23.2. The van der Waals surface area contributed by atoms with Gasteiger partial charge in [0.25, 0.3) is 0 Å². The fraction of sp³-hybridized carbons (Fsp3) is 0.409. The number of rotatable bonds is 6. The van der Waals surface area contributed by atoms with Crippen molar-refractivity contribution in [2.75, 3.05) is 18.4 Å². The van der Waals surface area contributed by atoms with Gasteiger partial charge in [-0.1, -0.05) is 18.2 Å². The summed E-state index contributed by atoms with van der Waals surface area (Å²) in [5, 5.41) is 4.29. The molecule has 32 heavy (non-hydrogen) atoms. The van der Waals surface area contributed by atoms with Crippen LogP contribution < -0.4 is 5.32 Å². The number of amides is 1. The molecule has 1 N–H and O–H groups in total. The normalized spacial score (nSPS) is 16.2. The Morgan fingerprint density at radius 1 is 1.12 bits per heavy atom. The van der Waals surface area contributed by atoms with Crippen LogP contribution in [0.15, 0.2) is 40.5 Å². The molecule has 0 spiro atoms. The Labute approximate surface area is 196 Å². The smallest absolute Gasteiger partial charge is 0.243 e. The van der Waals surface area contributed by atoms with E-state index < -0.39 is 10.0 Å². The van der Waals surface area contributed by atoms with E-state index in [1.807, 2.05) is 13.8 Å². The van der Waals surface area contributed by atoms with Gasteiger partial charge < -0.3 is 5.32 Å². The fourth-order valence-electron chi connectivity index (χ4n) is 3.67. The van der Waals surface area contributed by atoms with Crippen molar-refractivity contribution < 1.29 is 13.2 Å². The minimum Gasteiger partial charge on any atom is -0.325 e. The molecule has 0 bridgehead atoms. The molecule has 1 amide bonds. The number of aromatic nitrogens is 2. The molecule has 0 aliphatic carbocycles. The summed E-state index contributed by atoms with van der Waals surface area (Å²) in [6, 6.07) is 6.40. The van der Waals surface area contributed by atoms with Crippen LogP contribution in [-0.4, -0.2) is 46.9 Å². The molecule has 1 fully saturated rings. The van der Waals surface area contributed by atoms with Crippen LogP contribution in [0.3, 0.4) is 0 Å². The molecule has 1 atom stereocenters. The van der Waals surface area contributed by atoms with Gasteiger partial charge in [-0.3, -0.25) is 4.79 Å². The first-order valence-corrected chi connectivity index (χ1v) is 13.7. The largest absolute Gasteiger partial charge is 0.325 e. The Morgan fingerprint density at radius 2 is 1.81 bits per heavy atom. The molecule has 0 saturated carbocycles. The van der Waals surface area contributed by atoms with Gasteiger partial charge in [-0.05, 0) is 63.4 Å². The molecule has 0 radical (unpaired) electrons. The zero-order chi connectivity index (χ0) is 22.9. The molecular formula is C22H26N4O3S3. The van der Waals surface area contributed by atoms with Gasteiger partial charge in [-0.2, -0.15) is 4.31 Å². The van der Waals surface area contributed by atoms with E-state index in [0.717, 1.165) is 40.1 Å². The topological polar surface area (TPSA) is 92.3 Å². The van der Waals surface area contributed by atoms with Crippen molar-refractivity contribution in [1.29, 1.82) is 0 Å². The lowest BCUT2D eigenvalue weighted by molar-refractivity contribution is -0.115. The molecule has 1 unspecified atom stereocenters. The molecule has 1 aliphatic rings. The predicted octanol–water partition coefficient (Wildman–Crippen LogP) is 4.60. The molecule has 3 aromatic rings. The standard InChI is InChI=1S/C22H26N4O3S3/c1-14-15(2)30-21-19(14)22(24-13-23-21)31-16(3)20(27)25-17-7-9-18(10-8-17)32(28,29)26-11-5-4-6-12-26/h7-10,13,16H,4-6,11-12H2,1-3H3,(H,25,27). The minimum atomic E-state index is -3.48. The molecular weight excluding hydrogens is 464 g/mol. The van der Waals surface area contributed by atoms with Crippen LogP contribution in [0.5, 0.6) is 0 Å². The maximum atomic E-state index is 12.8. The van der Waals surface area contributed by atoms with E-state index in [1.54, 1.807) is 39.9 Å². The number of piperidine rings is 1. The van der Waals surface area contributed by atoms with Gasteiger partial charge in [0.05, 0.1) is 10.1 Å². The summed E-state index contributed by atoms with van der Waals surface area (Å²) in [6.45, 7) is 7.06. The Bertz CT molecular complexity index is 1230. The van der Waals surface area contributed by atoms with Gasteiger partial charge in [0.1, 0.15) is 16.2 Å². The Morgan fingerprint density at radius 3 is 2.50 bits per heavy atom. The SMILES string of the molecule is Cc1sc2ncnc(SC(C)C(=O)Nc3ccc(S(=O)(=O)N4CCCCC4)cc3)c2c1C. The summed E-state index contributed by atoms with van der Waals surface area (Å²) in [7, 11) is -3.48. The molecule has 1 aliphatic heterocycles. The summed E-state index contributed by atoms with van der Waals surface area (Å²) in [5.41, 5.74) is 1.71. The molecule has 3 heterocycles. The van der Waals surface area contributed by atoms with Crippen molar-refractivity contribution in [1.82, 2.24) is 14.3 Å². The van der Waals surface area contributed by atoms with Gasteiger partial charge in [-0.15, -0.1) is 11.3 Å². The maximum absolute atomic E-state index is 12.8. The number of aryl methyl sites for hydroxylation is 2. The first-order valence-electron chi connectivity index (χ1n) is 10.6. The maximum Gasteiger partial charge on any atom is 0.243 e. The monoisotopic (exact) mass is 490 g/mol. The first-order chi connectivity index (χ1) is 15.3. The number of carbonyl (C=O) groups excluding carboxylic acids is 1. The van der Waals surface area contributed by atoms with E-state index in [-0.39, 0.29) is 16.1 Å². The Hall–Kier alpha value is -2.01. The van der Waals surface area contributed by atoms with Crippen LogP contribution in [0, 0.1) is 13.8 Å². The third-order valence-electron chi connectivity index (χ3n) is 5.66. The Balaban J connectivity index is 1.44. The number of hydrogen-bond donors (Lipinski definition) is 1. The molecule has 2 aromatic heterocycles. The third-order valence-corrected chi connectivity index (χ3v) is 9.79. The highest BCUT2D eigenvalue weighted by atomic mass is 32.2. The number of fused-ring (bicyclic) bond motifs is 1. The molecule has 4 rings (SSSR count). The van der Waals surface area contributed by atoms with Crippen LogP contribution in [0.25, 0.3) is 10.2 Å². The fourth-order valence-corrected chi connectivity index (χ4v) is 7.22. The van der Waals surface area contributed by atoms with Crippen LogP contribution in [0.2, 0.25) is 0 Å². The summed E-state index contributed by atoms with van der Waals surface area (Å²) in [6.07, 6.45) is 4.39. The predicted molar refractivity (Wildman–Crippen MR) is 130 cm³/mol. The second-order valence-electron chi connectivity index (χ2n) is 7.88. The molecule has 7 nitrogen and oxygen atoms in total. The van der Waals surface area contributed by atoms with Gasteiger partial charge in [0.15, 0.2) is 0 Å². The van der Waals surface area contributed by atoms with Crippen molar-refractivity contribution in [3.63, 3.8) is 0 Å². The van der Waals surface area contributed by atoms with Crippen LogP contribution in [0.1, 0.15) is 36.6 Å². The zero-order valence-electron chi connectivity index (χ0n) is 18.3. The van der Waals surface area contributed by atoms with Crippen LogP contribution >= 0.6 is 23.1 Å². The third kappa shape index (κ3) is 4.68. The number of carbonyl (C=O) groups is 1. The second kappa shape index (κ2) is 9.46. The molecule has 10 heteroatoms. The summed E-state index contributed by atoms with van der Waals surface area (Å²) >= 11 is 3.02. The second-order valence-corrected chi connectivity index (χ2v) is 12.4. The van der Waals surface area contributed by atoms with Crippen LogP contribution in [0.4, 0.5) is 5.69 Å². The van der Waals surface area contributed by atoms with Gasteiger partial charge >= 0.3 is 0 Å². The number of thiophene rings is 1. The molecule has 1 saturated heterocycles. The van der Waals surface area contributed by atoms with Gasteiger partial charge in [0.2, 0.25) is 15.9 Å². The van der Waals surface area contributed by atoms with Crippen LogP contribution in [-0.2, 0) is 14.8 Å². The highest BCUT2D eigenvalue weighted by Crippen LogP contribution is 2.36. The van der Waals surface area contributed by atoms with E-state index in [2.05, 4.69) is 22.2 Å². The summed E-state index contributed by atoms with van der Waals surface area (Å²) < 4.78 is 27.1. The molecule has 1 aromatic carbocycles. The van der Waals surface area contributed by atoms with E-state index in [4.69, 9.17) is 0 Å². The lowest BCUT2D eigenvalue weighted by atomic mass is 10.2. The number of thioether (sulfide) groups is 1. The van der Waals surface area contributed by atoms with E-state index in [0.29, 0.717) is 18.8 Å². The number of nitrogens with zero attached hydrogens (tertiary/aromatic N) is 3. The number of sulfonamides is 1. The van der Waals surface area contributed by atoms with Gasteiger partial charge in [-0.25, -0.2) is 18.4 Å². The minimum absolute atomic E-state index is 0.169. The van der Waals surface area contributed by atoms with E-state index in [1.165, 1.54) is 23.0 Å². The van der Waals surface area contributed by atoms with Crippen molar-refractivity contribution in [2.24, 2.45) is 0 Å². The number of nitrogens with one attached hydrogen (secondary N) is 1. The average molecular weight is 491 g/mol. The Kier molecular flexibility index (Phi) is 6.85. The molecule has 170 valence electrons. The highest BCUT2D eigenvalue weighted by molar-refractivity contribution is 8.00. The van der Waals surface area contributed by atoms with E-state index >= 15 is 0 Å². The van der Waals surface area contributed by atoms with E-state index in [9.17, 15) is 13.2 Å². The lowest BCUT2D eigenvalue weighted by Gasteiger charge is -2.25. The van der Waals surface area contributed by atoms with Crippen molar-refractivity contribution in [2.45, 2.75) is 55.2 Å². The van der Waals surface area contributed by atoms with Crippen molar-refractivity contribution in [3.05, 3.63) is 41.0 Å². The highest BCUT2D eigenvalue weighted by Gasteiger charge is 2.26. The van der Waals surface area contributed by atoms with Gasteiger partial charge in [0, 0.05) is 29.0 Å². The van der Waals surface area contributed by atoms with Crippen molar-refractivity contribution >= 4 is 54.9 Å². The number of hydrogen-bond acceptors (Lipinski definition) is 7. The average Bonchev–Trinajstić information content (AvgIpc) is 3.09. The lowest BCUT2D eigenvalue weighted by Crippen LogP contribution is -2.35. The number of benzene rings is 1. The zero-order valence-corrected chi connectivity index (χ0v) is 20.7.